The van der Waals surface area contributed by atoms with Crippen molar-refractivity contribution < 1.29 is 14.6 Å². The maximum absolute atomic E-state index is 9.99. The van der Waals surface area contributed by atoms with E-state index in [-0.39, 0.29) is 5.75 Å². The minimum atomic E-state index is 0.115. The molecule has 1 aliphatic rings. The van der Waals surface area contributed by atoms with Gasteiger partial charge in [0.05, 0.1) is 13.2 Å². The molecule has 86 valence electrons. The van der Waals surface area contributed by atoms with Crippen molar-refractivity contribution in [1.82, 2.24) is 0 Å². The smallest absolute Gasteiger partial charge is 0.203 e. The van der Waals surface area contributed by atoms with Crippen molar-refractivity contribution in [3.05, 3.63) is 23.8 Å². The maximum atomic E-state index is 9.99. The van der Waals surface area contributed by atoms with Crippen molar-refractivity contribution >= 4 is 6.08 Å². The molecular formula is C12H15NO3. The number of phenolic OH excluding ortho intramolecular Hbond substituents is 1. The van der Waals surface area contributed by atoms with Crippen molar-refractivity contribution in [3.8, 4) is 17.2 Å². The quantitative estimate of drug-likeness (QED) is 0.794. The van der Waals surface area contributed by atoms with Crippen LogP contribution in [-0.2, 0) is 0 Å². The molecule has 0 amide bonds. The Bertz CT molecular complexity index is 401. The van der Waals surface area contributed by atoms with Gasteiger partial charge in [0.15, 0.2) is 11.5 Å². The number of benzene rings is 1. The van der Waals surface area contributed by atoms with Crippen LogP contribution in [0.4, 0.5) is 0 Å². The van der Waals surface area contributed by atoms with Crippen LogP contribution in [0.5, 0.6) is 17.2 Å². The first kappa shape index (κ1) is 10.8. The number of aromatic hydroxyl groups is 1. The SMILES string of the molecule is NC/C=C/c1ccc2c(c1O)OCCCO2. The second kappa shape index (κ2) is 4.90. The molecule has 0 bridgehead atoms. The van der Waals surface area contributed by atoms with Crippen LogP contribution in [-0.4, -0.2) is 24.9 Å². The number of hydrogen-bond donors (Lipinski definition) is 2. The van der Waals surface area contributed by atoms with Crippen LogP contribution in [0.15, 0.2) is 18.2 Å². The topological polar surface area (TPSA) is 64.7 Å². The number of ether oxygens (including phenoxy) is 2. The van der Waals surface area contributed by atoms with Gasteiger partial charge in [-0.25, -0.2) is 0 Å². The third-order valence-electron chi connectivity index (χ3n) is 2.35. The van der Waals surface area contributed by atoms with Crippen LogP contribution in [0.1, 0.15) is 12.0 Å². The molecule has 0 aliphatic carbocycles. The summed E-state index contributed by atoms with van der Waals surface area (Å²) in [5, 5.41) is 9.99. The summed E-state index contributed by atoms with van der Waals surface area (Å²) in [5.74, 6) is 1.14. The molecule has 16 heavy (non-hydrogen) atoms. The van der Waals surface area contributed by atoms with Gasteiger partial charge in [0.2, 0.25) is 5.75 Å². The van der Waals surface area contributed by atoms with Gasteiger partial charge in [-0.2, -0.15) is 0 Å². The molecule has 0 spiro atoms. The fraction of sp³-hybridized carbons (Fsp3) is 0.333. The van der Waals surface area contributed by atoms with Crippen molar-refractivity contribution in [1.29, 1.82) is 0 Å². The van der Waals surface area contributed by atoms with Crippen molar-refractivity contribution in [3.63, 3.8) is 0 Å². The first-order valence-corrected chi connectivity index (χ1v) is 5.31. The third-order valence-corrected chi connectivity index (χ3v) is 2.35. The van der Waals surface area contributed by atoms with E-state index in [0.717, 1.165) is 6.42 Å². The highest BCUT2D eigenvalue weighted by molar-refractivity contribution is 5.65. The molecule has 0 saturated carbocycles. The fourth-order valence-electron chi connectivity index (χ4n) is 1.57. The summed E-state index contributed by atoms with van der Waals surface area (Å²) < 4.78 is 10.9. The van der Waals surface area contributed by atoms with E-state index in [4.69, 9.17) is 15.2 Å². The summed E-state index contributed by atoms with van der Waals surface area (Å²) in [6.07, 6.45) is 4.37. The molecule has 3 N–H and O–H groups in total. The Morgan fingerprint density at radius 2 is 2.12 bits per heavy atom. The lowest BCUT2D eigenvalue weighted by Crippen LogP contribution is -1.97. The van der Waals surface area contributed by atoms with Gasteiger partial charge in [0.25, 0.3) is 0 Å². The predicted molar refractivity (Wildman–Crippen MR) is 61.8 cm³/mol. The van der Waals surface area contributed by atoms with Crippen LogP contribution < -0.4 is 15.2 Å². The Hall–Kier alpha value is -1.68. The zero-order valence-electron chi connectivity index (χ0n) is 8.98. The number of fused-ring (bicyclic) bond motifs is 1. The lowest BCUT2D eigenvalue weighted by molar-refractivity contribution is 0.291. The van der Waals surface area contributed by atoms with Crippen LogP contribution in [0.3, 0.4) is 0 Å². The summed E-state index contributed by atoms with van der Waals surface area (Å²) in [6.45, 7) is 1.61. The minimum absolute atomic E-state index is 0.115. The molecule has 0 radical (unpaired) electrons. The molecule has 4 nitrogen and oxygen atoms in total. The molecular weight excluding hydrogens is 206 g/mol. The molecule has 1 aromatic carbocycles. The Morgan fingerprint density at radius 3 is 2.94 bits per heavy atom. The molecule has 0 aromatic heterocycles. The Morgan fingerprint density at radius 1 is 1.31 bits per heavy atom. The molecule has 2 rings (SSSR count). The molecule has 1 aromatic rings. The van der Waals surface area contributed by atoms with Gasteiger partial charge < -0.3 is 20.3 Å². The van der Waals surface area contributed by atoms with E-state index in [1.807, 2.05) is 0 Å². The van der Waals surface area contributed by atoms with Gasteiger partial charge in [0.1, 0.15) is 0 Å². The average Bonchev–Trinajstić information content (AvgIpc) is 2.54. The summed E-state index contributed by atoms with van der Waals surface area (Å²) in [5.41, 5.74) is 6.05. The van der Waals surface area contributed by atoms with Crippen LogP contribution in [0.25, 0.3) is 6.08 Å². The molecule has 1 heterocycles. The van der Waals surface area contributed by atoms with E-state index in [1.54, 1.807) is 24.3 Å². The highest BCUT2D eigenvalue weighted by Crippen LogP contribution is 2.40. The number of nitrogens with two attached hydrogens (primary N) is 1. The Labute approximate surface area is 94.3 Å². The first-order valence-electron chi connectivity index (χ1n) is 5.31. The molecule has 0 saturated heterocycles. The minimum Gasteiger partial charge on any atom is -0.504 e. The average molecular weight is 221 g/mol. The largest absolute Gasteiger partial charge is 0.504 e. The van der Waals surface area contributed by atoms with Crippen LogP contribution >= 0.6 is 0 Å². The van der Waals surface area contributed by atoms with E-state index in [0.29, 0.717) is 36.8 Å². The third kappa shape index (κ3) is 2.12. The fourth-order valence-corrected chi connectivity index (χ4v) is 1.57. The van der Waals surface area contributed by atoms with E-state index < -0.39 is 0 Å². The van der Waals surface area contributed by atoms with Gasteiger partial charge in [0, 0.05) is 18.5 Å². The maximum Gasteiger partial charge on any atom is 0.203 e. The van der Waals surface area contributed by atoms with Crippen molar-refractivity contribution in [2.75, 3.05) is 19.8 Å². The molecule has 0 fully saturated rings. The van der Waals surface area contributed by atoms with Crippen LogP contribution in [0, 0.1) is 0 Å². The summed E-state index contributed by atoms with van der Waals surface area (Å²) in [4.78, 5) is 0. The Kier molecular flexibility index (Phi) is 3.31. The number of rotatable bonds is 2. The summed E-state index contributed by atoms with van der Waals surface area (Å²) >= 11 is 0. The van der Waals surface area contributed by atoms with Crippen molar-refractivity contribution in [2.45, 2.75) is 6.42 Å². The monoisotopic (exact) mass is 221 g/mol. The van der Waals surface area contributed by atoms with E-state index >= 15 is 0 Å². The van der Waals surface area contributed by atoms with Crippen molar-refractivity contribution in [2.24, 2.45) is 5.73 Å². The van der Waals surface area contributed by atoms with Crippen LogP contribution in [0.2, 0.25) is 0 Å². The summed E-state index contributed by atoms with van der Waals surface area (Å²) in [6, 6.07) is 3.59. The number of hydrogen-bond acceptors (Lipinski definition) is 4. The number of phenols is 1. The first-order chi connectivity index (χ1) is 7.83. The summed E-state index contributed by atoms with van der Waals surface area (Å²) in [7, 11) is 0. The van der Waals surface area contributed by atoms with Gasteiger partial charge in [-0.1, -0.05) is 12.2 Å². The lowest BCUT2D eigenvalue weighted by Gasteiger charge is -2.10. The van der Waals surface area contributed by atoms with E-state index in [2.05, 4.69) is 0 Å². The van der Waals surface area contributed by atoms with Gasteiger partial charge in [-0.3, -0.25) is 0 Å². The Balaban J connectivity index is 2.37. The zero-order chi connectivity index (χ0) is 11.4. The molecule has 4 heteroatoms. The normalized spacial score (nSPS) is 15.1. The van der Waals surface area contributed by atoms with E-state index in [1.165, 1.54) is 0 Å². The highest BCUT2D eigenvalue weighted by atomic mass is 16.5. The van der Waals surface area contributed by atoms with Gasteiger partial charge >= 0.3 is 0 Å². The predicted octanol–water partition coefficient (Wildman–Crippen LogP) is 1.53. The lowest BCUT2D eigenvalue weighted by atomic mass is 10.1. The zero-order valence-corrected chi connectivity index (χ0v) is 8.98. The highest BCUT2D eigenvalue weighted by Gasteiger charge is 2.16. The van der Waals surface area contributed by atoms with Gasteiger partial charge in [-0.05, 0) is 12.1 Å². The second-order valence-corrected chi connectivity index (χ2v) is 3.52. The second-order valence-electron chi connectivity index (χ2n) is 3.52. The van der Waals surface area contributed by atoms with E-state index in [9.17, 15) is 5.11 Å². The standard InChI is InChI=1S/C12H15NO3/c13-6-1-3-9-4-5-10-12(11(9)14)16-8-2-7-15-10/h1,3-5,14H,2,6-8,13H2/b3-1+. The molecule has 0 unspecified atom stereocenters. The molecule has 1 aliphatic heterocycles. The van der Waals surface area contributed by atoms with Gasteiger partial charge in [-0.15, -0.1) is 0 Å². The molecule has 0 atom stereocenters.